The molecule has 2 aromatic carbocycles. The van der Waals surface area contributed by atoms with Crippen molar-refractivity contribution in [3.8, 4) is 11.1 Å². The summed E-state index contributed by atoms with van der Waals surface area (Å²) in [6.07, 6.45) is 0.996. The lowest BCUT2D eigenvalue weighted by Gasteiger charge is -2.14. The summed E-state index contributed by atoms with van der Waals surface area (Å²) in [5.41, 5.74) is 6.13. The molecule has 3 N–H and O–H groups in total. The molecule has 0 radical (unpaired) electrons. The average molecular weight is 425 g/mol. The molecule has 0 saturated carbocycles. The number of aliphatic hydroxyl groups is 2. The predicted molar refractivity (Wildman–Crippen MR) is 117 cm³/mol. The quantitative estimate of drug-likeness (QED) is 0.431. The molecule has 3 atom stereocenters. The number of ether oxygens (including phenoxy) is 1. The normalized spacial score (nSPS) is 21.5. The van der Waals surface area contributed by atoms with E-state index in [0.29, 0.717) is 4.64 Å². The maximum Gasteiger partial charge on any atom is 0.328 e. The summed E-state index contributed by atoms with van der Waals surface area (Å²) >= 11 is 4.95. The second-order valence-corrected chi connectivity index (χ2v) is 7.99. The topological polar surface area (TPSA) is 87.5 Å². The third kappa shape index (κ3) is 4.02. The molecule has 2 heterocycles. The van der Waals surface area contributed by atoms with E-state index in [1.807, 2.05) is 0 Å². The lowest BCUT2D eigenvalue weighted by atomic mass is 10.1. The molecule has 1 aromatic heterocycles. The first-order valence-corrected chi connectivity index (χ1v) is 10.3. The monoisotopic (exact) mass is 424 g/mol. The van der Waals surface area contributed by atoms with Crippen molar-refractivity contribution in [3.63, 3.8) is 0 Å². The summed E-state index contributed by atoms with van der Waals surface area (Å²) in [7, 11) is 0. The van der Waals surface area contributed by atoms with Crippen LogP contribution in [0.1, 0.15) is 29.3 Å². The maximum atomic E-state index is 11.7. The van der Waals surface area contributed by atoms with Crippen LogP contribution in [-0.4, -0.2) is 38.6 Å². The van der Waals surface area contributed by atoms with E-state index in [0.717, 1.165) is 12.0 Å². The first kappa shape index (κ1) is 20.7. The summed E-state index contributed by atoms with van der Waals surface area (Å²) in [5, 5.41) is 18.6. The Kier molecular flexibility index (Phi) is 5.97. The van der Waals surface area contributed by atoms with E-state index in [9.17, 15) is 9.90 Å². The van der Waals surface area contributed by atoms with Gasteiger partial charge in [-0.2, -0.15) is 0 Å². The lowest BCUT2D eigenvalue weighted by Crippen LogP contribution is -2.28. The summed E-state index contributed by atoms with van der Waals surface area (Å²) in [6.45, 7) is 1.51. The van der Waals surface area contributed by atoms with Crippen molar-refractivity contribution in [2.24, 2.45) is 0 Å². The van der Waals surface area contributed by atoms with Gasteiger partial charge in [-0.25, -0.2) is 4.79 Å². The Morgan fingerprint density at radius 2 is 1.73 bits per heavy atom. The molecule has 1 aliphatic carbocycles. The molecule has 30 heavy (non-hydrogen) atoms. The van der Waals surface area contributed by atoms with Gasteiger partial charge in [0.15, 0.2) is 0 Å². The zero-order valence-corrected chi connectivity index (χ0v) is 17.4. The van der Waals surface area contributed by atoms with E-state index in [1.165, 1.54) is 26.8 Å². The molecule has 7 heteroatoms. The van der Waals surface area contributed by atoms with E-state index in [4.69, 9.17) is 22.1 Å². The van der Waals surface area contributed by atoms with Gasteiger partial charge in [0.1, 0.15) is 17.0 Å². The summed E-state index contributed by atoms with van der Waals surface area (Å²) in [5.74, 6) is 0. The van der Waals surface area contributed by atoms with Gasteiger partial charge in [0, 0.05) is 18.2 Å². The Balaban J connectivity index is 0.000000150. The number of rotatable bonds is 2. The van der Waals surface area contributed by atoms with Crippen molar-refractivity contribution in [2.75, 3.05) is 6.61 Å². The van der Waals surface area contributed by atoms with Gasteiger partial charge in [0.05, 0.1) is 12.7 Å². The van der Waals surface area contributed by atoms with Crippen molar-refractivity contribution >= 4 is 12.2 Å². The SMILES string of the molecule is Cc1cn([C@H]2C[C@H](O)[C@@H](CO)O2)c(=O)[nH]c1=S.c1ccc2c(c1)Cc1ccccc1-2. The van der Waals surface area contributed by atoms with E-state index in [1.54, 1.807) is 13.1 Å². The number of hydrogen-bond donors (Lipinski definition) is 3. The predicted octanol–water partition coefficient (Wildman–Crippen LogP) is 3.11. The highest BCUT2D eigenvalue weighted by atomic mass is 32.1. The molecular formula is C23H24N2O4S. The van der Waals surface area contributed by atoms with Gasteiger partial charge in [0.2, 0.25) is 0 Å². The molecular weight excluding hydrogens is 400 g/mol. The van der Waals surface area contributed by atoms with Crippen LogP contribution in [0.25, 0.3) is 11.1 Å². The number of aromatic amines is 1. The van der Waals surface area contributed by atoms with Crippen molar-refractivity contribution < 1.29 is 14.9 Å². The third-order valence-electron chi connectivity index (χ3n) is 5.55. The summed E-state index contributed by atoms with van der Waals surface area (Å²) in [6, 6.07) is 17.3. The Morgan fingerprint density at radius 1 is 1.13 bits per heavy atom. The molecule has 2 aliphatic rings. The molecule has 0 spiro atoms. The van der Waals surface area contributed by atoms with Crippen LogP contribution in [0.2, 0.25) is 0 Å². The highest BCUT2D eigenvalue weighted by Gasteiger charge is 2.34. The van der Waals surface area contributed by atoms with Crippen LogP contribution in [0.15, 0.2) is 59.5 Å². The third-order valence-corrected chi connectivity index (χ3v) is 5.97. The average Bonchev–Trinajstić information content (AvgIpc) is 3.31. The Bertz CT molecular complexity index is 1130. The Labute approximate surface area is 179 Å². The van der Waals surface area contributed by atoms with Crippen LogP contribution in [-0.2, 0) is 11.2 Å². The minimum atomic E-state index is -0.764. The van der Waals surface area contributed by atoms with Gasteiger partial charge in [-0.3, -0.25) is 9.55 Å². The number of fused-ring (bicyclic) bond motifs is 3. The van der Waals surface area contributed by atoms with Crippen LogP contribution in [0.3, 0.4) is 0 Å². The van der Waals surface area contributed by atoms with Gasteiger partial charge in [-0.05, 0) is 35.6 Å². The van der Waals surface area contributed by atoms with Crippen molar-refractivity contribution in [2.45, 2.75) is 38.2 Å². The number of H-pyrrole nitrogens is 1. The van der Waals surface area contributed by atoms with Crippen LogP contribution in [0.4, 0.5) is 0 Å². The Morgan fingerprint density at radius 3 is 2.30 bits per heavy atom. The van der Waals surface area contributed by atoms with E-state index >= 15 is 0 Å². The fourth-order valence-corrected chi connectivity index (χ4v) is 4.07. The first-order chi connectivity index (χ1) is 14.5. The first-order valence-electron chi connectivity index (χ1n) is 9.90. The molecule has 0 amide bonds. The smallest absolute Gasteiger partial charge is 0.328 e. The summed E-state index contributed by atoms with van der Waals surface area (Å²) < 4.78 is 7.14. The number of nitrogens with zero attached hydrogens (tertiary/aromatic N) is 1. The van der Waals surface area contributed by atoms with Crippen molar-refractivity contribution in [1.82, 2.24) is 9.55 Å². The molecule has 0 bridgehead atoms. The second-order valence-electron chi connectivity index (χ2n) is 7.58. The van der Waals surface area contributed by atoms with E-state index in [2.05, 4.69) is 53.5 Å². The Hall–Kier alpha value is -2.58. The van der Waals surface area contributed by atoms with Crippen molar-refractivity contribution in [1.29, 1.82) is 0 Å². The summed E-state index contributed by atoms with van der Waals surface area (Å²) in [4.78, 5) is 14.2. The van der Waals surface area contributed by atoms with E-state index in [-0.39, 0.29) is 18.7 Å². The molecule has 156 valence electrons. The minimum absolute atomic E-state index is 0.270. The van der Waals surface area contributed by atoms with Gasteiger partial charge in [-0.15, -0.1) is 0 Å². The zero-order chi connectivity index (χ0) is 21.3. The molecule has 1 saturated heterocycles. The molecule has 1 fully saturated rings. The number of nitrogens with one attached hydrogen (secondary N) is 1. The molecule has 0 unspecified atom stereocenters. The zero-order valence-electron chi connectivity index (χ0n) is 16.6. The highest BCUT2D eigenvalue weighted by Crippen LogP contribution is 2.35. The highest BCUT2D eigenvalue weighted by molar-refractivity contribution is 7.71. The lowest BCUT2D eigenvalue weighted by molar-refractivity contribution is -0.0459. The number of benzene rings is 2. The van der Waals surface area contributed by atoms with Crippen LogP contribution < -0.4 is 5.69 Å². The van der Waals surface area contributed by atoms with Gasteiger partial charge in [-0.1, -0.05) is 60.7 Å². The molecule has 6 nitrogen and oxygen atoms in total. The molecule has 1 aliphatic heterocycles. The number of aryl methyl sites for hydroxylation is 1. The largest absolute Gasteiger partial charge is 0.394 e. The standard InChI is InChI=1S/C13H10.C10H14N2O4S/c1-3-7-12-10(5-1)9-11-6-2-4-8-13(11)12;1-5-3-12(10(15)11-9(5)17)8-2-6(14)7(4-13)16-8/h1-8H,9H2;3,6-8,13-14H,2,4H2,1H3,(H,11,15,17)/t;6-,7+,8+/m.0/s1. The van der Waals surface area contributed by atoms with Gasteiger partial charge in [0.25, 0.3) is 0 Å². The van der Waals surface area contributed by atoms with Crippen LogP contribution >= 0.6 is 12.2 Å². The van der Waals surface area contributed by atoms with Crippen LogP contribution in [0.5, 0.6) is 0 Å². The molecule has 3 aromatic rings. The fraction of sp³-hybridized carbons (Fsp3) is 0.304. The molecule has 5 rings (SSSR count). The number of aromatic nitrogens is 2. The van der Waals surface area contributed by atoms with Gasteiger partial charge < -0.3 is 14.9 Å². The van der Waals surface area contributed by atoms with Crippen LogP contribution in [0, 0.1) is 11.6 Å². The number of aliphatic hydroxyl groups excluding tert-OH is 2. The number of hydrogen-bond acceptors (Lipinski definition) is 5. The van der Waals surface area contributed by atoms with Gasteiger partial charge >= 0.3 is 5.69 Å². The minimum Gasteiger partial charge on any atom is -0.394 e. The maximum absolute atomic E-state index is 11.7. The second kappa shape index (κ2) is 8.65. The van der Waals surface area contributed by atoms with Crippen molar-refractivity contribution in [3.05, 3.63) is 86.5 Å². The fourth-order valence-electron chi connectivity index (χ4n) is 3.93. The van der Waals surface area contributed by atoms with E-state index < -0.39 is 18.4 Å².